The lowest BCUT2D eigenvalue weighted by atomic mass is 10.0. The lowest BCUT2D eigenvalue weighted by Crippen LogP contribution is -2.25. The Kier molecular flexibility index (Phi) is 9.02. The minimum atomic E-state index is -0.967. The molecular weight excluding hydrogens is 370 g/mol. The highest BCUT2D eigenvalue weighted by atomic mass is 16.5. The van der Waals surface area contributed by atoms with E-state index in [0.717, 1.165) is 17.1 Å². The van der Waals surface area contributed by atoms with Gasteiger partial charge in [-0.25, -0.2) is 0 Å². The van der Waals surface area contributed by atoms with E-state index in [4.69, 9.17) is 14.6 Å². The Hall–Kier alpha value is -3.02. The molecule has 0 atom stereocenters. The van der Waals surface area contributed by atoms with E-state index in [1.807, 2.05) is 36.4 Å². The van der Waals surface area contributed by atoms with Crippen molar-refractivity contribution in [3.63, 3.8) is 0 Å². The standard InChI is InChI=1S/C23H29NO5/c1-17(2)19-5-9-21(10-6-19)29-16-15-28-20-7-3-18(4-8-20)13-14-24-22(25)11-12-23(26)27/h3-10,17H,11-16H2,1-2H3,(H,24,25)(H,26,27). The first-order valence-corrected chi connectivity index (χ1v) is 9.87. The van der Waals surface area contributed by atoms with Crippen molar-refractivity contribution in [2.75, 3.05) is 19.8 Å². The molecule has 0 aliphatic rings. The van der Waals surface area contributed by atoms with Crippen molar-refractivity contribution in [1.82, 2.24) is 5.32 Å². The fourth-order valence-corrected chi connectivity index (χ4v) is 2.68. The van der Waals surface area contributed by atoms with Crippen molar-refractivity contribution in [2.45, 2.75) is 39.0 Å². The first-order valence-electron chi connectivity index (χ1n) is 9.87. The van der Waals surface area contributed by atoms with Gasteiger partial charge in [-0.05, 0) is 47.7 Å². The summed E-state index contributed by atoms with van der Waals surface area (Å²) in [5.74, 6) is 0.886. The summed E-state index contributed by atoms with van der Waals surface area (Å²) in [6, 6.07) is 15.8. The van der Waals surface area contributed by atoms with Crippen molar-refractivity contribution in [2.24, 2.45) is 0 Å². The summed E-state index contributed by atoms with van der Waals surface area (Å²) >= 11 is 0. The first kappa shape index (κ1) is 22.3. The Morgan fingerprint density at radius 2 is 1.45 bits per heavy atom. The zero-order valence-corrected chi connectivity index (χ0v) is 17.0. The van der Waals surface area contributed by atoms with Gasteiger partial charge in [0.2, 0.25) is 5.91 Å². The molecule has 2 rings (SSSR count). The molecule has 2 N–H and O–H groups in total. The molecule has 0 saturated heterocycles. The molecule has 156 valence electrons. The topological polar surface area (TPSA) is 84.9 Å². The van der Waals surface area contributed by atoms with E-state index in [-0.39, 0.29) is 18.7 Å². The minimum Gasteiger partial charge on any atom is -0.490 e. The number of carboxylic acid groups (broad SMARTS) is 1. The predicted octanol–water partition coefficient (Wildman–Crippen LogP) is 3.79. The third kappa shape index (κ3) is 8.68. The highest BCUT2D eigenvalue weighted by molar-refractivity contribution is 5.80. The number of carbonyl (C=O) groups is 2. The summed E-state index contributed by atoms with van der Waals surface area (Å²) in [5, 5.41) is 11.3. The molecule has 2 aromatic rings. The second-order valence-electron chi connectivity index (χ2n) is 7.06. The Morgan fingerprint density at radius 1 is 0.897 bits per heavy atom. The van der Waals surface area contributed by atoms with Gasteiger partial charge < -0.3 is 19.9 Å². The van der Waals surface area contributed by atoms with Crippen LogP contribution in [0.15, 0.2) is 48.5 Å². The van der Waals surface area contributed by atoms with Crippen LogP contribution in [0, 0.1) is 0 Å². The van der Waals surface area contributed by atoms with E-state index < -0.39 is 5.97 Å². The summed E-state index contributed by atoms with van der Waals surface area (Å²) in [6.07, 6.45) is 0.533. The smallest absolute Gasteiger partial charge is 0.303 e. The Labute approximate surface area is 171 Å². The summed E-state index contributed by atoms with van der Waals surface area (Å²) in [4.78, 5) is 21.9. The molecule has 0 radical (unpaired) electrons. The van der Waals surface area contributed by atoms with Crippen LogP contribution in [0.4, 0.5) is 0 Å². The third-order valence-electron chi connectivity index (χ3n) is 4.39. The zero-order valence-electron chi connectivity index (χ0n) is 17.0. The molecule has 6 heteroatoms. The molecule has 0 bridgehead atoms. The average Bonchev–Trinajstić information content (AvgIpc) is 2.71. The van der Waals surface area contributed by atoms with Crippen molar-refractivity contribution >= 4 is 11.9 Å². The molecule has 0 aromatic heterocycles. The lowest BCUT2D eigenvalue weighted by Gasteiger charge is -2.10. The average molecular weight is 399 g/mol. The molecule has 0 unspecified atom stereocenters. The van der Waals surface area contributed by atoms with Gasteiger partial charge in [0.05, 0.1) is 6.42 Å². The fourth-order valence-electron chi connectivity index (χ4n) is 2.68. The van der Waals surface area contributed by atoms with Gasteiger partial charge in [-0.3, -0.25) is 9.59 Å². The van der Waals surface area contributed by atoms with Crippen LogP contribution in [-0.2, 0) is 16.0 Å². The van der Waals surface area contributed by atoms with Crippen LogP contribution in [0.1, 0.15) is 43.7 Å². The number of rotatable bonds is 12. The number of hydrogen-bond acceptors (Lipinski definition) is 4. The largest absolute Gasteiger partial charge is 0.490 e. The van der Waals surface area contributed by atoms with Gasteiger partial charge in [0.15, 0.2) is 0 Å². The van der Waals surface area contributed by atoms with Crippen molar-refractivity contribution < 1.29 is 24.2 Å². The minimum absolute atomic E-state index is 0.00600. The van der Waals surface area contributed by atoms with Gasteiger partial charge in [0, 0.05) is 13.0 Å². The van der Waals surface area contributed by atoms with Crippen LogP contribution in [0.2, 0.25) is 0 Å². The molecular formula is C23H29NO5. The molecule has 6 nitrogen and oxygen atoms in total. The molecule has 0 heterocycles. The molecule has 0 aliphatic heterocycles. The number of ether oxygens (including phenoxy) is 2. The van der Waals surface area contributed by atoms with E-state index in [0.29, 0.717) is 32.1 Å². The number of carbonyl (C=O) groups excluding carboxylic acids is 1. The third-order valence-corrected chi connectivity index (χ3v) is 4.39. The van der Waals surface area contributed by atoms with Crippen molar-refractivity contribution in [3.8, 4) is 11.5 Å². The second-order valence-corrected chi connectivity index (χ2v) is 7.06. The maximum Gasteiger partial charge on any atom is 0.303 e. The molecule has 0 aliphatic carbocycles. The lowest BCUT2D eigenvalue weighted by molar-refractivity contribution is -0.138. The maximum absolute atomic E-state index is 11.5. The summed E-state index contributed by atoms with van der Waals surface area (Å²) < 4.78 is 11.4. The molecule has 0 spiro atoms. The van der Waals surface area contributed by atoms with E-state index >= 15 is 0 Å². The quantitative estimate of drug-likeness (QED) is 0.531. The Balaban J connectivity index is 1.63. The zero-order chi connectivity index (χ0) is 21.1. The van der Waals surface area contributed by atoms with Gasteiger partial charge >= 0.3 is 5.97 Å². The summed E-state index contributed by atoms with van der Waals surface area (Å²) in [5.41, 5.74) is 2.35. The van der Waals surface area contributed by atoms with E-state index in [1.54, 1.807) is 0 Å². The summed E-state index contributed by atoms with van der Waals surface area (Å²) in [7, 11) is 0. The Bertz CT molecular complexity index is 769. The number of hydrogen-bond donors (Lipinski definition) is 2. The molecule has 0 fully saturated rings. The van der Waals surface area contributed by atoms with Gasteiger partial charge in [0.1, 0.15) is 24.7 Å². The SMILES string of the molecule is CC(C)c1ccc(OCCOc2ccc(CCNC(=O)CCC(=O)O)cc2)cc1. The maximum atomic E-state index is 11.5. The van der Waals surface area contributed by atoms with Crippen LogP contribution >= 0.6 is 0 Å². The number of benzene rings is 2. The van der Waals surface area contributed by atoms with Crippen molar-refractivity contribution in [1.29, 1.82) is 0 Å². The number of amides is 1. The van der Waals surface area contributed by atoms with Crippen LogP contribution < -0.4 is 14.8 Å². The van der Waals surface area contributed by atoms with Crippen molar-refractivity contribution in [3.05, 3.63) is 59.7 Å². The van der Waals surface area contributed by atoms with E-state index in [9.17, 15) is 9.59 Å². The molecule has 1 amide bonds. The Morgan fingerprint density at radius 3 is 1.97 bits per heavy atom. The normalized spacial score (nSPS) is 10.6. The van der Waals surface area contributed by atoms with Gasteiger partial charge in [0.25, 0.3) is 0 Å². The van der Waals surface area contributed by atoms with E-state index in [2.05, 4.69) is 31.3 Å². The fraction of sp³-hybridized carbons (Fsp3) is 0.391. The number of carboxylic acids is 1. The van der Waals surface area contributed by atoms with Crippen LogP contribution in [-0.4, -0.2) is 36.7 Å². The van der Waals surface area contributed by atoms with Gasteiger partial charge in [-0.1, -0.05) is 38.1 Å². The molecule has 29 heavy (non-hydrogen) atoms. The molecule has 2 aromatic carbocycles. The highest BCUT2D eigenvalue weighted by Crippen LogP contribution is 2.18. The second kappa shape index (κ2) is 11.7. The van der Waals surface area contributed by atoms with Crippen LogP contribution in [0.5, 0.6) is 11.5 Å². The summed E-state index contributed by atoms with van der Waals surface area (Å²) in [6.45, 7) is 5.71. The number of nitrogens with one attached hydrogen (secondary N) is 1. The monoisotopic (exact) mass is 399 g/mol. The van der Waals surface area contributed by atoms with Gasteiger partial charge in [-0.2, -0.15) is 0 Å². The first-order chi connectivity index (χ1) is 13.9. The van der Waals surface area contributed by atoms with E-state index in [1.165, 1.54) is 5.56 Å². The predicted molar refractivity (Wildman–Crippen MR) is 112 cm³/mol. The number of aliphatic carboxylic acids is 1. The van der Waals surface area contributed by atoms with Crippen LogP contribution in [0.25, 0.3) is 0 Å². The van der Waals surface area contributed by atoms with Crippen LogP contribution in [0.3, 0.4) is 0 Å². The van der Waals surface area contributed by atoms with Gasteiger partial charge in [-0.15, -0.1) is 0 Å². The highest BCUT2D eigenvalue weighted by Gasteiger charge is 2.05. The molecule has 0 saturated carbocycles.